The van der Waals surface area contributed by atoms with E-state index >= 15 is 0 Å². The topological polar surface area (TPSA) is 41.0 Å². The van der Waals surface area contributed by atoms with Crippen molar-refractivity contribution in [1.29, 1.82) is 0 Å². The van der Waals surface area contributed by atoms with E-state index < -0.39 is 0 Å². The first-order valence-corrected chi connectivity index (χ1v) is 8.26. The Morgan fingerprint density at radius 2 is 1.75 bits per heavy atom. The molecule has 1 N–H and O–H groups in total. The van der Waals surface area contributed by atoms with Crippen LogP contribution in [0.3, 0.4) is 0 Å². The van der Waals surface area contributed by atoms with Crippen LogP contribution in [0.2, 0.25) is 0 Å². The first-order chi connectivity index (χ1) is 11.8. The van der Waals surface area contributed by atoms with E-state index in [0.29, 0.717) is 0 Å². The van der Waals surface area contributed by atoms with Crippen LogP contribution < -0.4 is 10.2 Å². The smallest absolute Gasteiger partial charge is 0.135 e. The van der Waals surface area contributed by atoms with Gasteiger partial charge in [0.1, 0.15) is 18.0 Å². The molecule has 0 unspecified atom stereocenters. The maximum absolute atomic E-state index is 4.47. The number of benzene rings is 2. The Morgan fingerprint density at radius 1 is 0.958 bits per heavy atom. The fraction of sp³-hybridized carbons (Fsp3) is 0.200. The summed E-state index contributed by atoms with van der Waals surface area (Å²) in [6.45, 7) is 3.97. The van der Waals surface area contributed by atoms with Crippen LogP contribution in [0.25, 0.3) is 0 Å². The molecule has 0 radical (unpaired) electrons. The molecule has 4 heteroatoms. The molecule has 24 heavy (non-hydrogen) atoms. The highest BCUT2D eigenvalue weighted by molar-refractivity contribution is 5.62. The Balaban J connectivity index is 1.56. The van der Waals surface area contributed by atoms with E-state index in [1.165, 1.54) is 16.7 Å². The van der Waals surface area contributed by atoms with Crippen molar-refractivity contribution in [1.82, 2.24) is 9.97 Å². The molecule has 2 aromatic carbocycles. The lowest BCUT2D eigenvalue weighted by Crippen LogP contribution is -2.31. The van der Waals surface area contributed by atoms with Gasteiger partial charge < -0.3 is 10.2 Å². The molecule has 4 rings (SSSR count). The highest BCUT2D eigenvalue weighted by Crippen LogP contribution is 2.25. The molecular formula is C20H20N4. The van der Waals surface area contributed by atoms with Crippen LogP contribution in [0, 0.1) is 6.92 Å². The number of aromatic nitrogens is 2. The van der Waals surface area contributed by atoms with Gasteiger partial charge in [-0.05, 0) is 36.1 Å². The van der Waals surface area contributed by atoms with Crippen molar-refractivity contribution in [3.05, 3.63) is 77.6 Å². The molecule has 4 nitrogen and oxygen atoms in total. The second-order valence-electron chi connectivity index (χ2n) is 6.14. The molecule has 0 saturated carbocycles. The summed E-state index contributed by atoms with van der Waals surface area (Å²) in [6.07, 6.45) is 2.69. The second kappa shape index (κ2) is 6.32. The zero-order chi connectivity index (χ0) is 16.4. The van der Waals surface area contributed by atoms with E-state index in [4.69, 9.17) is 0 Å². The molecule has 0 atom stereocenters. The first-order valence-electron chi connectivity index (χ1n) is 8.26. The third kappa shape index (κ3) is 2.95. The van der Waals surface area contributed by atoms with Gasteiger partial charge in [-0.15, -0.1) is 0 Å². The Morgan fingerprint density at radius 3 is 2.62 bits per heavy atom. The molecule has 0 spiro atoms. The van der Waals surface area contributed by atoms with Gasteiger partial charge in [0.15, 0.2) is 0 Å². The predicted molar refractivity (Wildman–Crippen MR) is 97.7 cm³/mol. The van der Waals surface area contributed by atoms with Gasteiger partial charge in [0.25, 0.3) is 0 Å². The van der Waals surface area contributed by atoms with Gasteiger partial charge in [0, 0.05) is 24.8 Å². The number of para-hydroxylation sites is 1. The molecule has 1 aromatic heterocycles. The number of fused-ring (bicyclic) bond motifs is 1. The summed E-state index contributed by atoms with van der Waals surface area (Å²) < 4.78 is 0. The molecule has 120 valence electrons. The van der Waals surface area contributed by atoms with Crippen LogP contribution in [0.4, 0.5) is 17.3 Å². The summed E-state index contributed by atoms with van der Waals surface area (Å²) in [5.41, 5.74) is 5.10. The molecule has 1 aliphatic rings. The average molecular weight is 316 g/mol. The fourth-order valence-corrected chi connectivity index (χ4v) is 3.13. The monoisotopic (exact) mass is 316 g/mol. The van der Waals surface area contributed by atoms with Gasteiger partial charge in [0.2, 0.25) is 0 Å². The van der Waals surface area contributed by atoms with Gasteiger partial charge in [0.05, 0.1) is 0 Å². The van der Waals surface area contributed by atoms with Gasteiger partial charge in [-0.25, -0.2) is 9.97 Å². The van der Waals surface area contributed by atoms with Crippen LogP contribution in [0.1, 0.15) is 16.7 Å². The lowest BCUT2D eigenvalue weighted by atomic mass is 10.00. The molecule has 3 aromatic rings. The van der Waals surface area contributed by atoms with Gasteiger partial charge in [-0.3, -0.25) is 0 Å². The number of nitrogens with zero attached hydrogens (tertiary/aromatic N) is 3. The van der Waals surface area contributed by atoms with E-state index in [9.17, 15) is 0 Å². The van der Waals surface area contributed by atoms with Crippen molar-refractivity contribution in [2.45, 2.75) is 19.9 Å². The maximum atomic E-state index is 4.47. The summed E-state index contributed by atoms with van der Waals surface area (Å²) in [4.78, 5) is 11.2. The van der Waals surface area contributed by atoms with Crippen molar-refractivity contribution in [2.24, 2.45) is 0 Å². The third-order valence-electron chi connectivity index (χ3n) is 4.52. The molecule has 0 saturated heterocycles. The minimum absolute atomic E-state index is 0.827. The number of nitrogens with one attached hydrogen (secondary N) is 1. The zero-order valence-electron chi connectivity index (χ0n) is 13.7. The quantitative estimate of drug-likeness (QED) is 0.790. The third-order valence-corrected chi connectivity index (χ3v) is 4.52. The summed E-state index contributed by atoms with van der Waals surface area (Å²) >= 11 is 0. The largest absolute Gasteiger partial charge is 0.352 e. The summed E-state index contributed by atoms with van der Waals surface area (Å²) in [7, 11) is 0. The summed E-state index contributed by atoms with van der Waals surface area (Å²) in [6, 6.07) is 18.9. The van der Waals surface area contributed by atoms with Crippen LogP contribution in [-0.2, 0) is 13.0 Å². The lowest BCUT2D eigenvalue weighted by molar-refractivity contribution is 0.719. The SMILES string of the molecule is Cc1ccccc1Nc1cc(N2CCc3ccccc3C2)ncn1. The normalized spacial score (nSPS) is 13.5. The Hall–Kier alpha value is -2.88. The van der Waals surface area contributed by atoms with E-state index in [-0.39, 0.29) is 0 Å². The van der Waals surface area contributed by atoms with Crippen molar-refractivity contribution in [2.75, 3.05) is 16.8 Å². The van der Waals surface area contributed by atoms with E-state index in [1.54, 1.807) is 6.33 Å². The number of rotatable bonds is 3. The molecule has 0 aliphatic carbocycles. The van der Waals surface area contributed by atoms with Crippen molar-refractivity contribution in [3.8, 4) is 0 Å². The lowest BCUT2D eigenvalue weighted by Gasteiger charge is -2.29. The number of hydrogen-bond donors (Lipinski definition) is 1. The summed E-state index contributed by atoms with van der Waals surface area (Å²) in [5, 5.41) is 3.39. The van der Waals surface area contributed by atoms with E-state index in [2.05, 4.69) is 63.5 Å². The van der Waals surface area contributed by atoms with Crippen molar-refractivity contribution < 1.29 is 0 Å². The van der Waals surface area contributed by atoms with Crippen LogP contribution in [-0.4, -0.2) is 16.5 Å². The van der Waals surface area contributed by atoms with Crippen molar-refractivity contribution >= 4 is 17.3 Å². The van der Waals surface area contributed by atoms with Crippen LogP contribution in [0.5, 0.6) is 0 Å². The summed E-state index contributed by atoms with van der Waals surface area (Å²) in [5.74, 6) is 1.80. The number of anilines is 3. The van der Waals surface area contributed by atoms with Gasteiger partial charge in [-0.2, -0.15) is 0 Å². The highest BCUT2D eigenvalue weighted by Gasteiger charge is 2.17. The number of hydrogen-bond acceptors (Lipinski definition) is 4. The fourth-order valence-electron chi connectivity index (χ4n) is 3.13. The average Bonchev–Trinajstić information content (AvgIpc) is 2.63. The Kier molecular flexibility index (Phi) is 3.87. The van der Waals surface area contributed by atoms with Crippen LogP contribution in [0.15, 0.2) is 60.9 Å². The molecule has 0 fully saturated rings. The second-order valence-corrected chi connectivity index (χ2v) is 6.14. The molecular weight excluding hydrogens is 296 g/mol. The molecule has 0 amide bonds. The Bertz CT molecular complexity index is 860. The minimum Gasteiger partial charge on any atom is -0.352 e. The van der Waals surface area contributed by atoms with E-state index in [1.807, 2.05) is 18.2 Å². The van der Waals surface area contributed by atoms with Crippen LogP contribution >= 0.6 is 0 Å². The Labute approximate surface area is 142 Å². The molecule has 0 bridgehead atoms. The van der Waals surface area contributed by atoms with E-state index in [0.717, 1.165) is 36.8 Å². The maximum Gasteiger partial charge on any atom is 0.135 e. The highest BCUT2D eigenvalue weighted by atomic mass is 15.2. The first kappa shape index (κ1) is 14.7. The van der Waals surface area contributed by atoms with Crippen molar-refractivity contribution in [3.63, 3.8) is 0 Å². The van der Waals surface area contributed by atoms with Gasteiger partial charge >= 0.3 is 0 Å². The standard InChI is InChI=1S/C20H20N4/c1-15-6-2-5-9-18(15)23-19-12-20(22-14-21-19)24-11-10-16-7-3-4-8-17(16)13-24/h2-9,12,14H,10-11,13H2,1H3,(H,21,22,23). The number of aryl methyl sites for hydroxylation is 1. The minimum atomic E-state index is 0.827. The molecule has 2 heterocycles. The zero-order valence-corrected chi connectivity index (χ0v) is 13.7. The van der Waals surface area contributed by atoms with Gasteiger partial charge in [-0.1, -0.05) is 42.5 Å². The predicted octanol–water partition coefficient (Wildman–Crippen LogP) is 4.09. The molecule has 1 aliphatic heterocycles.